The molecule has 2 unspecified atom stereocenters. The number of rotatable bonds is 4. The number of halogens is 4. The van der Waals surface area contributed by atoms with Crippen LogP contribution in [0.3, 0.4) is 0 Å². The van der Waals surface area contributed by atoms with Crippen molar-refractivity contribution in [3.63, 3.8) is 0 Å². The molecule has 0 spiro atoms. The van der Waals surface area contributed by atoms with E-state index < -0.39 is 6.36 Å². The summed E-state index contributed by atoms with van der Waals surface area (Å²) < 4.78 is 40.3. The number of ether oxygens (including phenoxy) is 1. The van der Waals surface area contributed by atoms with E-state index >= 15 is 0 Å². The molecule has 22 heavy (non-hydrogen) atoms. The van der Waals surface area contributed by atoms with Crippen LogP contribution in [0.4, 0.5) is 13.2 Å². The van der Waals surface area contributed by atoms with Crippen LogP contribution < -0.4 is 10.5 Å². The lowest BCUT2D eigenvalue weighted by Crippen LogP contribution is -2.39. The highest BCUT2D eigenvalue weighted by Gasteiger charge is 2.31. The maximum Gasteiger partial charge on any atom is 0.573 e. The smallest absolute Gasteiger partial charge is 0.406 e. The van der Waals surface area contributed by atoms with Gasteiger partial charge >= 0.3 is 6.36 Å². The Labute approximate surface area is 135 Å². The lowest BCUT2D eigenvalue weighted by atomic mass is 9.95. The van der Waals surface area contributed by atoms with E-state index in [4.69, 9.17) is 5.73 Å². The third-order valence-electron chi connectivity index (χ3n) is 4.03. The molecule has 0 aromatic heterocycles. The van der Waals surface area contributed by atoms with Gasteiger partial charge in [0.2, 0.25) is 0 Å². The zero-order valence-corrected chi connectivity index (χ0v) is 13.3. The van der Waals surface area contributed by atoms with Gasteiger partial charge < -0.3 is 10.5 Å². The molecule has 0 bridgehead atoms. The van der Waals surface area contributed by atoms with Gasteiger partial charge in [0.05, 0.1) is 0 Å². The number of piperidine rings is 1. The average Bonchev–Trinajstić information content (AvgIpc) is 2.46. The summed E-state index contributed by atoms with van der Waals surface area (Å²) in [7, 11) is 0. The minimum atomic E-state index is -4.64. The van der Waals surface area contributed by atoms with Crippen LogP contribution in [0.25, 0.3) is 0 Å². The normalized spacial score (nSPS) is 21.0. The Kier molecular flexibility index (Phi) is 6.97. The number of likely N-dealkylation sites (tertiary alicyclic amines) is 1. The number of nitrogens with zero attached hydrogens (tertiary/aromatic N) is 1. The van der Waals surface area contributed by atoms with Crippen LogP contribution in [0.15, 0.2) is 24.3 Å². The van der Waals surface area contributed by atoms with Crippen LogP contribution in [0.2, 0.25) is 0 Å². The van der Waals surface area contributed by atoms with E-state index in [0.717, 1.165) is 31.5 Å². The Hall–Kier alpha value is -0.980. The summed E-state index contributed by atoms with van der Waals surface area (Å²) in [6, 6.07) is 6.28. The second-order valence-electron chi connectivity index (χ2n) is 5.53. The van der Waals surface area contributed by atoms with E-state index in [0.29, 0.717) is 12.5 Å². The van der Waals surface area contributed by atoms with Gasteiger partial charge in [-0.25, -0.2) is 0 Å². The summed E-state index contributed by atoms with van der Waals surface area (Å²) in [6.07, 6.45) is -2.38. The van der Waals surface area contributed by atoms with Crippen molar-refractivity contribution in [2.24, 2.45) is 11.7 Å². The standard InChI is InChI=1S/C15H21F3N2O.ClH/c1-11(20-8-2-3-12(9-19)10-20)13-4-6-14(7-5-13)21-15(16,17)18;/h4-7,11-12H,2-3,8-10,19H2,1H3;1H. The van der Waals surface area contributed by atoms with E-state index in [1.165, 1.54) is 12.1 Å². The lowest BCUT2D eigenvalue weighted by Gasteiger charge is -2.36. The number of benzene rings is 1. The minimum absolute atomic E-state index is 0. The molecule has 1 saturated heterocycles. The zero-order valence-electron chi connectivity index (χ0n) is 12.5. The Morgan fingerprint density at radius 2 is 1.95 bits per heavy atom. The number of nitrogens with two attached hydrogens (primary N) is 1. The summed E-state index contributed by atoms with van der Waals surface area (Å²) in [5.74, 6) is 0.325. The topological polar surface area (TPSA) is 38.5 Å². The number of hydrogen-bond acceptors (Lipinski definition) is 3. The summed E-state index contributed by atoms with van der Waals surface area (Å²) in [5, 5.41) is 0. The Morgan fingerprint density at radius 3 is 2.50 bits per heavy atom. The summed E-state index contributed by atoms with van der Waals surface area (Å²) in [6.45, 7) is 4.69. The third kappa shape index (κ3) is 5.34. The Bertz CT molecular complexity index is 453. The first-order chi connectivity index (χ1) is 9.89. The molecule has 0 amide bonds. The molecule has 2 N–H and O–H groups in total. The highest BCUT2D eigenvalue weighted by molar-refractivity contribution is 5.85. The van der Waals surface area contributed by atoms with Crippen molar-refractivity contribution in [1.82, 2.24) is 4.90 Å². The van der Waals surface area contributed by atoms with Crippen molar-refractivity contribution >= 4 is 12.4 Å². The molecule has 3 nitrogen and oxygen atoms in total. The van der Waals surface area contributed by atoms with Gasteiger partial charge in [-0.15, -0.1) is 25.6 Å². The molecule has 1 aromatic carbocycles. The van der Waals surface area contributed by atoms with Gasteiger partial charge in [-0.3, -0.25) is 4.90 Å². The van der Waals surface area contributed by atoms with Crippen LogP contribution in [0.1, 0.15) is 31.4 Å². The fourth-order valence-electron chi connectivity index (χ4n) is 2.80. The van der Waals surface area contributed by atoms with E-state index in [9.17, 15) is 13.2 Å². The van der Waals surface area contributed by atoms with Gasteiger partial charge in [-0.2, -0.15) is 0 Å². The highest BCUT2D eigenvalue weighted by Crippen LogP contribution is 2.29. The first kappa shape index (κ1) is 19.1. The van der Waals surface area contributed by atoms with Gasteiger partial charge in [0.1, 0.15) is 5.75 Å². The quantitative estimate of drug-likeness (QED) is 0.909. The largest absolute Gasteiger partial charge is 0.573 e. The second-order valence-corrected chi connectivity index (χ2v) is 5.53. The number of hydrogen-bond donors (Lipinski definition) is 1. The van der Waals surface area contributed by atoms with Gasteiger partial charge in [-0.05, 0) is 56.5 Å². The minimum Gasteiger partial charge on any atom is -0.406 e. The third-order valence-corrected chi connectivity index (χ3v) is 4.03. The maximum atomic E-state index is 12.1. The predicted molar refractivity (Wildman–Crippen MR) is 82.1 cm³/mol. The van der Waals surface area contributed by atoms with Crippen LogP contribution in [-0.4, -0.2) is 30.9 Å². The molecular weight excluding hydrogens is 317 g/mol. The molecule has 0 saturated carbocycles. The molecule has 1 aliphatic heterocycles. The molecule has 1 heterocycles. The number of alkyl halides is 3. The summed E-state index contributed by atoms with van der Waals surface area (Å²) in [4.78, 5) is 2.33. The van der Waals surface area contributed by atoms with E-state index in [1.807, 2.05) is 0 Å². The first-order valence-corrected chi connectivity index (χ1v) is 7.19. The summed E-state index contributed by atoms with van der Waals surface area (Å²) >= 11 is 0. The molecule has 0 aliphatic carbocycles. The fraction of sp³-hybridized carbons (Fsp3) is 0.600. The average molecular weight is 339 g/mol. The molecule has 126 valence electrons. The van der Waals surface area contributed by atoms with E-state index in [1.54, 1.807) is 12.1 Å². The van der Waals surface area contributed by atoms with Gasteiger partial charge in [-0.1, -0.05) is 12.1 Å². The lowest BCUT2D eigenvalue weighted by molar-refractivity contribution is -0.274. The molecule has 2 rings (SSSR count). The van der Waals surface area contributed by atoms with Crippen molar-refractivity contribution in [1.29, 1.82) is 0 Å². The van der Waals surface area contributed by atoms with Crippen LogP contribution in [0.5, 0.6) is 5.75 Å². The van der Waals surface area contributed by atoms with Crippen molar-refractivity contribution in [3.05, 3.63) is 29.8 Å². The monoisotopic (exact) mass is 338 g/mol. The molecule has 1 aromatic rings. The highest BCUT2D eigenvalue weighted by atomic mass is 35.5. The predicted octanol–water partition coefficient (Wildman–Crippen LogP) is 3.74. The van der Waals surface area contributed by atoms with Crippen LogP contribution >= 0.6 is 12.4 Å². The molecular formula is C15H22ClF3N2O. The molecule has 7 heteroatoms. The molecule has 1 aliphatic rings. The van der Waals surface area contributed by atoms with Crippen molar-refractivity contribution in [2.45, 2.75) is 32.2 Å². The van der Waals surface area contributed by atoms with Crippen LogP contribution in [-0.2, 0) is 0 Å². The summed E-state index contributed by atoms with van der Waals surface area (Å²) in [5.41, 5.74) is 6.72. The molecule has 0 radical (unpaired) electrons. The maximum absolute atomic E-state index is 12.1. The Morgan fingerprint density at radius 1 is 1.32 bits per heavy atom. The second kappa shape index (κ2) is 8.04. The van der Waals surface area contributed by atoms with Crippen molar-refractivity contribution in [2.75, 3.05) is 19.6 Å². The van der Waals surface area contributed by atoms with Crippen molar-refractivity contribution < 1.29 is 17.9 Å². The van der Waals surface area contributed by atoms with Gasteiger partial charge in [0.15, 0.2) is 0 Å². The van der Waals surface area contributed by atoms with E-state index in [2.05, 4.69) is 16.6 Å². The molecule has 2 atom stereocenters. The van der Waals surface area contributed by atoms with E-state index in [-0.39, 0.29) is 24.2 Å². The van der Waals surface area contributed by atoms with Gasteiger partial charge in [0, 0.05) is 12.6 Å². The fourth-order valence-corrected chi connectivity index (χ4v) is 2.80. The first-order valence-electron chi connectivity index (χ1n) is 7.19. The molecule has 1 fully saturated rings. The zero-order chi connectivity index (χ0) is 15.5. The Balaban J connectivity index is 0.00000242. The van der Waals surface area contributed by atoms with Gasteiger partial charge in [0.25, 0.3) is 0 Å². The SMILES string of the molecule is CC(c1ccc(OC(F)(F)F)cc1)N1CCCC(CN)C1.Cl. The van der Waals surface area contributed by atoms with Crippen LogP contribution in [0, 0.1) is 5.92 Å². The van der Waals surface area contributed by atoms with Crippen molar-refractivity contribution in [3.8, 4) is 5.75 Å².